The van der Waals surface area contributed by atoms with Gasteiger partial charge in [0.2, 0.25) is 0 Å². The lowest BCUT2D eigenvalue weighted by Crippen LogP contribution is -2.12. The zero-order valence-electron chi connectivity index (χ0n) is 9.64. The van der Waals surface area contributed by atoms with E-state index in [-0.39, 0.29) is 0 Å². The van der Waals surface area contributed by atoms with Gasteiger partial charge in [0.15, 0.2) is 5.76 Å². The smallest absolute Gasteiger partial charge is 0.189 e. The van der Waals surface area contributed by atoms with Crippen LogP contribution in [0.1, 0.15) is 0 Å². The summed E-state index contributed by atoms with van der Waals surface area (Å²) in [7, 11) is 1.64. The molecule has 1 heterocycles. The van der Waals surface area contributed by atoms with Gasteiger partial charge in [0.1, 0.15) is 11.4 Å². The minimum atomic E-state index is 0.563. The summed E-state index contributed by atoms with van der Waals surface area (Å²) in [4.78, 5) is 0. The first-order valence-corrected chi connectivity index (χ1v) is 5.38. The Bertz CT molecular complexity index is 465. The van der Waals surface area contributed by atoms with Crippen molar-refractivity contribution in [3.8, 4) is 17.1 Å². The Morgan fingerprint density at radius 3 is 2.76 bits per heavy atom. The molecule has 2 aromatic rings. The highest BCUT2D eigenvalue weighted by Gasteiger charge is 2.09. The molecule has 0 amide bonds. The largest absolute Gasteiger partial charge is 0.497 e. The van der Waals surface area contributed by atoms with Gasteiger partial charge in [0.05, 0.1) is 13.3 Å². The Kier molecular flexibility index (Phi) is 3.62. The molecule has 5 heteroatoms. The van der Waals surface area contributed by atoms with E-state index in [1.165, 1.54) is 0 Å². The zero-order valence-corrected chi connectivity index (χ0v) is 9.64. The summed E-state index contributed by atoms with van der Waals surface area (Å²) in [6, 6.07) is 7.61. The van der Waals surface area contributed by atoms with Gasteiger partial charge in [-0.1, -0.05) is 5.16 Å². The van der Waals surface area contributed by atoms with E-state index >= 15 is 0 Å². The summed E-state index contributed by atoms with van der Waals surface area (Å²) < 4.78 is 10.3. The van der Waals surface area contributed by atoms with E-state index in [1.54, 1.807) is 13.3 Å². The van der Waals surface area contributed by atoms with E-state index in [0.717, 1.165) is 17.0 Å². The van der Waals surface area contributed by atoms with Gasteiger partial charge in [-0.2, -0.15) is 0 Å². The average Bonchev–Trinajstić information content (AvgIpc) is 2.84. The quantitative estimate of drug-likeness (QED) is 0.822. The van der Waals surface area contributed by atoms with E-state index in [1.807, 2.05) is 24.3 Å². The van der Waals surface area contributed by atoms with Crippen molar-refractivity contribution in [1.82, 2.24) is 5.16 Å². The second kappa shape index (κ2) is 5.36. The molecule has 0 radical (unpaired) electrons. The number of hydrogen-bond acceptors (Lipinski definition) is 5. The van der Waals surface area contributed by atoms with E-state index in [9.17, 15) is 0 Å². The van der Waals surface area contributed by atoms with E-state index < -0.39 is 0 Å². The van der Waals surface area contributed by atoms with Gasteiger partial charge in [-0.3, -0.25) is 0 Å². The maximum Gasteiger partial charge on any atom is 0.189 e. The number of ether oxygens (including phenoxy) is 1. The van der Waals surface area contributed by atoms with Gasteiger partial charge in [0, 0.05) is 18.7 Å². The number of nitrogens with zero attached hydrogens (tertiary/aromatic N) is 1. The summed E-state index contributed by atoms with van der Waals surface area (Å²) in [5.74, 6) is 1.52. The zero-order chi connectivity index (χ0) is 12.1. The van der Waals surface area contributed by atoms with Gasteiger partial charge in [0.25, 0.3) is 0 Å². The van der Waals surface area contributed by atoms with E-state index in [2.05, 4.69) is 10.5 Å². The number of anilines is 1. The third-order valence-electron chi connectivity index (χ3n) is 2.38. The first-order valence-electron chi connectivity index (χ1n) is 5.38. The van der Waals surface area contributed by atoms with Crippen LogP contribution in [0.4, 0.5) is 5.69 Å². The van der Waals surface area contributed by atoms with Gasteiger partial charge in [-0.15, -0.1) is 0 Å². The summed E-state index contributed by atoms with van der Waals surface area (Å²) in [6.45, 7) is 1.25. The van der Waals surface area contributed by atoms with E-state index in [4.69, 9.17) is 15.0 Å². The van der Waals surface area contributed by atoms with Crippen LogP contribution in [0.5, 0.6) is 5.75 Å². The highest BCUT2D eigenvalue weighted by atomic mass is 16.5. The number of aromatic nitrogens is 1. The second-order valence-electron chi connectivity index (χ2n) is 3.51. The lowest BCUT2D eigenvalue weighted by Gasteiger charge is -2.04. The molecule has 0 fully saturated rings. The lowest BCUT2D eigenvalue weighted by molar-refractivity contribution is 0.414. The number of rotatable bonds is 5. The third kappa shape index (κ3) is 2.57. The van der Waals surface area contributed by atoms with Crippen LogP contribution in [0.15, 0.2) is 35.0 Å². The van der Waals surface area contributed by atoms with Crippen LogP contribution in [0, 0.1) is 0 Å². The van der Waals surface area contributed by atoms with Crippen molar-refractivity contribution in [3.63, 3.8) is 0 Å². The van der Waals surface area contributed by atoms with Gasteiger partial charge >= 0.3 is 0 Å². The first kappa shape index (κ1) is 11.5. The van der Waals surface area contributed by atoms with Crippen molar-refractivity contribution in [3.05, 3.63) is 30.5 Å². The number of nitrogens with two attached hydrogens (primary N) is 1. The number of methoxy groups -OCH3 is 1. The Morgan fingerprint density at radius 1 is 1.35 bits per heavy atom. The summed E-state index contributed by atoms with van der Waals surface area (Å²) >= 11 is 0. The fourth-order valence-electron chi connectivity index (χ4n) is 1.52. The molecule has 1 aromatic heterocycles. The van der Waals surface area contributed by atoms with Crippen LogP contribution >= 0.6 is 0 Å². The molecule has 0 bridgehead atoms. The van der Waals surface area contributed by atoms with Gasteiger partial charge in [-0.05, 0) is 24.3 Å². The van der Waals surface area contributed by atoms with Crippen LogP contribution in [0.2, 0.25) is 0 Å². The van der Waals surface area contributed by atoms with Crippen molar-refractivity contribution >= 4 is 5.69 Å². The molecule has 2 rings (SSSR count). The molecule has 0 saturated carbocycles. The predicted octanol–water partition coefficient (Wildman–Crippen LogP) is 1.72. The third-order valence-corrected chi connectivity index (χ3v) is 2.38. The molecule has 0 aliphatic carbocycles. The highest BCUT2D eigenvalue weighted by Crippen LogP contribution is 2.28. The number of nitrogens with one attached hydrogen (secondary N) is 1. The summed E-state index contributed by atoms with van der Waals surface area (Å²) in [5, 5.41) is 6.94. The Balaban J connectivity index is 2.23. The van der Waals surface area contributed by atoms with Gasteiger partial charge < -0.3 is 20.3 Å². The molecule has 0 saturated heterocycles. The average molecular weight is 233 g/mol. The van der Waals surface area contributed by atoms with Crippen LogP contribution in [0.3, 0.4) is 0 Å². The van der Waals surface area contributed by atoms with Crippen molar-refractivity contribution < 1.29 is 9.26 Å². The number of benzene rings is 1. The molecule has 0 spiro atoms. The summed E-state index contributed by atoms with van der Waals surface area (Å²) in [6.07, 6.45) is 1.65. The molecule has 17 heavy (non-hydrogen) atoms. The standard InChI is InChI=1S/C12H15N3O2/c1-16-10-4-2-9(3-5-10)12-11(8-15-17-12)14-7-6-13/h2-5,8,14H,6-7,13H2,1H3. The normalized spacial score (nSPS) is 10.2. The van der Waals surface area contributed by atoms with Crippen LogP contribution < -0.4 is 15.8 Å². The fraction of sp³-hybridized carbons (Fsp3) is 0.250. The van der Waals surface area contributed by atoms with Crippen LogP contribution in [0.25, 0.3) is 11.3 Å². The monoisotopic (exact) mass is 233 g/mol. The first-order chi connectivity index (χ1) is 8.35. The second-order valence-corrected chi connectivity index (χ2v) is 3.51. The molecule has 0 aliphatic rings. The lowest BCUT2D eigenvalue weighted by atomic mass is 10.1. The van der Waals surface area contributed by atoms with Crippen molar-refractivity contribution in [2.45, 2.75) is 0 Å². The van der Waals surface area contributed by atoms with Crippen LogP contribution in [-0.2, 0) is 0 Å². The molecule has 1 aromatic carbocycles. The molecule has 3 N–H and O–H groups in total. The topological polar surface area (TPSA) is 73.3 Å². The highest BCUT2D eigenvalue weighted by molar-refractivity contribution is 5.72. The Morgan fingerprint density at radius 2 is 2.12 bits per heavy atom. The molecular weight excluding hydrogens is 218 g/mol. The summed E-state index contributed by atoms with van der Waals surface area (Å²) in [5.41, 5.74) is 7.24. The minimum Gasteiger partial charge on any atom is -0.497 e. The maximum atomic E-state index is 5.44. The Labute approximate surface area is 99.6 Å². The fourth-order valence-corrected chi connectivity index (χ4v) is 1.52. The molecule has 0 unspecified atom stereocenters. The Hall–Kier alpha value is -2.01. The maximum absolute atomic E-state index is 5.44. The SMILES string of the molecule is COc1ccc(-c2oncc2NCCN)cc1. The molecule has 5 nitrogen and oxygen atoms in total. The van der Waals surface area contributed by atoms with E-state index in [0.29, 0.717) is 18.8 Å². The van der Waals surface area contributed by atoms with Crippen LogP contribution in [-0.4, -0.2) is 25.4 Å². The van der Waals surface area contributed by atoms with Gasteiger partial charge in [-0.25, -0.2) is 0 Å². The molecule has 0 atom stereocenters. The predicted molar refractivity (Wildman–Crippen MR) is 66.0 cm³/mol. The van der Waals surface area contributed by atoms with Crippen molar-refractivity contribution in [1.29, 1.82) is 0 Å². The molecule has 90 valence electrons. The van der Waals surface area contributed by atoms with Crippen molar-refractivity contribution in [2.75, 3.05) is 25.5 Å². The minimum absolute atomic E-state index is 0.563. The molecule has 0 aliphatic heterocycles. The molecular formula is C12H15N3O2. The van der Waals surface area contributed by atoms with Crippen molar-refractivity contribution in [2.24, 2.45) is 5.73 Å². The number of hydrogen-bond donors (Lipinski definition) is 2.